The molecule has 0 spiro atoms. The minimum absolute atomic E-state index is 0.0209. The fraction of sp³-hybridized carbons (Fsp3) is 0.200. The van der Waals surface area contributed by atoms with Gasteiger partial charge in [0.15, 0.2) is 0 Å². The molecule has 0 radical (unpaired) electrons. The molecule has 33 heavy (non-hydrogen) atoms. The first kappa shape index (κ1) is 20.8. The number of H-pyrrole nitrogens is 1. The molecule has 168 valence electrons. The van der Waals surface area contributed by atoms with Gasteiger partial charge < -0.3 is 19.5 Å². The summed E-state index contributed by atoms with van der Waals surface area (Å²) in [5.74, 6) is 0.680. The molecular formula is C25H24N4O4. The number of nitrogens with zero attached hydrogens (tertiary/aromatic N) is 3. The van der Waals surface area contributed by atoms with Crippen molar-refractivity contribution in [1.29, 1.82) is 0 Å². The predicted octanol–water partition coefficient (Wildman–Crippen LogP) is 4.66. The van der Waals surface area contributed by atoms with Crippen LogP contribution in [0.2, 0.25) is 0 Å². The van der Waals surface area contributed by atoms with Gasteiger partial charge in [-0.2, -0.15) is 5.10 Å². The first-order valence-electron chi connectivity index (χ1n) is 10.5. The SMILES string of the molecule is COc1ccccc1-c1c2c(C(C)(C)CO)n[nH]c2c(O)n1-c1ccc(-c2ccon2)cc1. The molecule has 8 heteroatoms. The van der Waals surface area contributed by atoms with Gasteiger partial charge in [-0.1, -0.05) is 43.3 Å². The van der Waals surface area contributed by atoms with Gasteiger partial charge in [0.25, 0.3) is 0 Å². The highest BCUT2D eigenvalue weighted by molar-refractivity contribution is 6.02. The standard InChI is InChI=1S/C25H24N4O4/c1-25(2,14-30)23-20-21(26-27-23)24(31)29(22(20)17-6-4-5-7-19(17)32-3)16-10-8-15(9-11-16)18-12-13-33-28-18/h4-13,26,30-31H,14H2,1-3H3. The number of nitrogens with one attached hydrogen (secondary N) is 1. The number of aromatic hydroxyl groups is 1. The lowest BCUT2D eigenvalue weighted by Crippen LogP contribution is -2.23. The number of benzene rings is 2. The number of methoxy groups -OCH3 is 1. The number of aromatic nitrogens is 4. The maximum atomic E-state index is 11.3. The second-order valence-electron chi connectivity index (χ2n) is 8.50. The summed E-state index contributed by atoms with van der Waals surface area (Å²) in [4.78, 5) is 0. The molecule has 8 nitrogen and oxygen atoms in total. The number of fused-ring (bicyclic) bond motifs is 1. The van der Waals surface area contributed by atoms with E-state index in [9.17, 15) is 10.2 Å². The molecule has 3 N–H and O–H groups in total. The number of hydrogen-bond donors (Lipinski definition) is 3. The number of ether oxygens (including phenoxy) is 1. The van der Waals surface area contributed by atoms with Crippen LogP contribution in [0.25, 0.3) is 39.1 Å². The lowest BCUT2D eigenvalue weighted by atomic mass is 9.87. The lowest BCUT2D eigenvalue weighted by Gasteiger charge is -2.20. The van der Waals surface area contributed by atoms with Crippen LogP contribution in [0, 0.1) is 0 Å². The Labute approximate surface area is 190 Å². The van der Waals surface area contributed by atoms with E-state index in [1.165, 1.54) is 6.26 Å². The molecule has 0 amide bonds. The lowest BCUT2D eigenvalue weighted by molar-refractivity contribution is 0.216. The van der Waals surface area contributed by atoms with E-state index in [1.807, 2.05) is 62.4 Å². The van der Waals surface area contributed by atoms with E-state index < -0.39 is 5.41 Å². The summed E-state index contributed by atoms with van der Waals surface area (Å²) in [5.41, 5.74) is 4.41. The molecule has 0 saturated heterocycles. The Kier molecular flexibility index (Phi) is 4.94. The molecule has 3 aromatic heterocycles. The van der Waals surface area contributed by atoms with Gasteiger partial charge in [0.05, 0.1) is 30.5 Å². The van der Waals surface area contributed by atoms with Gasteiger partial charge in [-0.25, -0.2) is 0 Å². The van der Waals surface area contributed by atoms with Gasteiger partial charge in [0.1, 0.15) is 23.2 Å². The average Bonchev–Trinajstić information content (AvgIpc) is 3.57. The minimum atomic E-state index is -0.634. The molecule has 0 aliphatic rings. The van der Waals surface area contributed by atoms with Gasteiger partial charge in [-0.15, -0.1) is 0 Å². The van der Waals surface area contributed by atoms with E-state index in [0.29, 0.717) is 17.0 Å². The van der Waals surface area contributed by atoms with E-state index in [1.54, 1.807) is 17.7 Å². The second kappa shape index (κ2) is 7.83. The van der Waals surface area contributed by atoms with Crippen LogP contribution in [0.3, 0.4) is 0 Å². The molecule has 0 aliphatic heterocycles. The van der Waals surface area contributed by atoms with Crippen LogP contribution < -0.4 is 4.74 Å². The van der Waals surface area contributed by atoms with Crippen molar-refractivity contribution in [2.45, 2.75) is 19.3 Å². The van der Waals surface area contributed by atoms with Crippen LogP contribution in [0.4, 0.5) is 0 Å². The third-order valence-electron chi connectivity index (χ3n) is 5.92. The van der Waals surface area contributed by atoms with Crippen molar-refractivity contribution in [3.05, 3.63) is 66.6 Å². The quantitative estimate of drug-likeness (QED) is 0.351. The molecular weight excluding hydrogens is 420 g/mol. The number of aliphatic hydroxyl groups excluding tert-OH is 1. The monoisotopic (exact) mass is 444 g/mol. The summed E-state index contributed by atoms with van der Waals surface area (Å²) < 4.78 is 12.4. The van der Waals surface area contributed by atoms with E-state index in [2.05, 4.69) is 15.4 Å². The van der Waals surface area contributed by atoms with Gasteiger partial charge >= 0.3 is 0 Å². The molecule has 0 bridgehead atoms. The normalized spacial score (nSPS) is 11.9. The smallest absolute Gasteiger partial charge is 0.222 e. The van der Waals surface area contributed by atoms with E-state index in [0.717, 1.165) is 33.6 Å². The summed E-state index contributed by atoms with van der Waals surface area (Å²) in [5, 5.41) is 33.5. The van der Waals surface area contributed by atoms with Crippen molar-refractivity contribution < 1.29 is 19.5 Å². The van der Waals surface area contributed by atoms with Gasteiger partial charge in [0, 0.05) is 28.3 Å². The number of aromatic amines is 1. The summed E-state index contributed by atoms with van der Waals surface area (Å²) in [6.07, 6.45) is 1.53. The van der Waals surface area contributed by atoms with Gasteiger partial charge in [-0.05, 0) is 24.3 Å². The molecule has 5 aromatic rings. The van der Waals surface area contributed by atoms with Crippen molar-refractivity contribution in [1.82, 2.24) is 19.9 Å². The topological polar surface area (TPSA) is 109 Å². The van der Waals surface area contributed by atoms with Gasteiger partial charge in [0.2, 0.25) is 5.88 Å². The first-order chi connectivity index (χ1) is 16.0. The van der Waals surface area contributed by atoms with Crippen molar-refractivity contribution in [2.24, 2.45) is 0 Å². The average molecular weight is 444 g/mol. The Morgan fingerprint density at radius 3 is 2.52 bits per heavy atom. The maximum absolute atomic E-state index is 11.3. The third-order valence-corrected chi connectivity index (χ3v) is 5.92. The molecule has 0 atom stereocenters. The van der Waals surface area contributed by atoms with Crippen LogP contribution in [-0.4, -0.2) is 43.9 Å². The largest absolute Gasteiger partial charge is 0.496 e. The van der Waals surface area contributed by atoms with Crippen LogP contribution in [0.1, 0.15) is 19.5 Å². The van der Waals surface area contributed by atoms with Crippen LogP contribution in [-0.2, 0) is 5.41 Å². The number of rotatable bonds is 6. The van der Waals surface area contributed by atoms with Gasteiger partial charge in [-0.3, -0.25) is 9.67 Å². The highest BCUT2D eigenvalue weighted by Gasteiger charge is 2.32. The molecule has 0 saturated carbocycles. The van der Waals surface area contributed by atoms with E-state index >= 15 is 0 Å². The fourth-order valence-corrected chi connectivity index (χ4v) is 4.12. The van der Waals surface area contributed by atoms with Crippen molar-refractivity contribution in [3.63, 3.8) is 0 Å². The highest BCUT2D eigenvalue weighted by Crippen LogP contribution is 2.46. The van der Waals surface area contributed by atoms with E-state index in [-0.39, 0.29) is 12.5 Å². The third kappa shape index (κ3) is 3.27. The Hall–Kier alpha value is -4.04. The number of para-hydroxylation sites is 1. The zero-order chi connectivity index (χ0) is 23.2. The molecule has 3 heterocycles. The first-order valence-corrected chi connectivity index (χ1v) is 10.5. The number of aliphatic hydroxyl groups is 1. The number of hydrogen-bond acceptors (Lipinski definition) is 6. The highest BCUT2D eigenvalue weighted by atomic mass is 16.5. The zero-order valence-corrected chi connectivity index (χ0v) is 18.5. The summed E-state index contributed by atoms with van der Waals surface area (Å²) in [7, 11) is 1.61. The molecule has 0 unspecified atom stereocenters. The van der Waals surface area contributed by atoms with Crippen molar-refractivity contribution in [2.75, 3.05) is 13.7 Å². The molecule has 5 rings (SSSR count). The van der Waals surface area contributed by atoms with E-state index in [4.69, 9.17) is 9.26 Å². The van der Waals surface area contributed by atoms with Crippen molar-refractivity contribution >= 4 is 10.9 Å². The predicted molar refractivity (Wildman–Crippen MR) is 125 cm³/mol. The fourth-order valence-electron chi connectivity index (χ4n) is 4.12. The Balaban J connectivity index is 1.81. The second-order valence-corrected chi connectivity index (χ2v) is 8.50. The summed E-state index contributed by atoms with van der Waals surface area (Å²) >= 11 is 0. The van der Waals surface area contributed by atoms with Crippen molar-refractivity contribution in [3.8, 4) is 39.8 Å². The Morgan fingerprint density at radius 1 is 1.09 bits per heavy atom. The zero-order valence-electron chi connectivity index (χ0n) is 18.5. The van der Waals surface area contributed by atoms with Crippen LogP contribution in [0.5, 0.6) is 11.6 Å². The summed E-state index contributed by atoms with van der Waals surface area (Å²) in [6.45, 7) is 3.72. The van der Waals surface area contributed by atoms with Crippen LogP contribution in [0.15, 0.2) is 65.4 Å². The Morgan fingerprint density at radius 2 is 1.85 bits per heavy atom. The van der Waals surface area contributed by atoms with Crippen LogP contribution >= 0.6 is 0 Å². The minimum Gasteiger partial charge on any atom is -0.496 e. The molecule has 2 aromatic carbocycles. The molecule has 0 aliphatic carbocycles. The maximum Gasteiger partial charge on any atom is 0.222 e. The Bertz CT molecular complexity index is 1410. The molecule has 0 fully saturated rings. The summed E-state index contributed by atoms with van der Waals surface area (Å²) in [6, 6.07) is 17.1.